The topological polar surface area (TPSA) is 86.3 Å². The predicted octanol–water partition coefficient (Wildman–Crippen LogP) is 2.72. The fraction of sp³-hybridized carbons (Fsp3) is 0.364. The summed E-state index contributed by atoms with van der Waals surface area (Å²) in [5, 5.41) is 2.76. The van der Waals surface area contributed by atoms with Crippen LogP contribution >= 0.6 is 0 Å². The first-order valence-corrected chi connectivity index (χ1v) is 9.69. The highest BCUT2D eigenvalue weighted by Gasteiger charge is 2.23. The number of benzene rings is 2. The van der Waals surface area contributed by atoms with Gasteiger partial charge in [0, 0.05) is 24.5 Å². The SMILES string of the molecule is COc1cccc(C(=O)O[C@@H](C)C(=O)Nc2ccc(N3CCOCC3)cc2)c1OC. The van der Waals surface area contributed by atoms with Gasteiger partial charge in [-0.25, -0.2) is 4.79 Å². The summed E-state index contributed by atoms with van der Waals surface area (Å²) in [6.45, 7) is 4.61. The number of anilines is 2. The molecule has 0 radical (unpaired) electrons. The number of esters is 1. The molecule has 1 aliphatic rings. The van der Waals surface area contributed by atoms with Gasteiger partial charge in [-0.3, -0.25) is 4.79 Å². The number of ether oxygens (including phenoxy) is 4. The monoisotopic (exact) mass is 414 g/mol. The van der Waals surface area contributed by atoms with E-state index >= 15 is 0 Å². The Kier molecular flexibility index (Phi) is 7.13. The molecule has 8 heteroatoms. The van der Waals surface area contributed by atoms with E-state index in [0.717, 1.165) is 18.8 Å². The molecule has 2 aromatic carbocycles. The van der Waals surface area contributed by atoms with Gasteiger partial charge in [0.2, 0.25) is 0 Å². The second-order valence-corrected chi connectivity index (χ2v) is 6.72. The van der Waals surface area contributed by atoms with Crippen LogP contribution in [0.5, 0.6) is 11.5 Å². The van der Waals surface area contributed by atoms with Crippen LogP contribution in [0.15, 0.2) is 42.5 Å². The zero-order valence-corrected chi connectivity index (χ0v) is 17.3. The molecule has 30 heavy (non-hydrogen) atoms. The number of carbonyl (C=O) groups excluding carboxylic acids is 2. The van der Waals surface area contributed by atoms with Gasteiger partial charge in [0.15, 0.2) is 17.6 Å². The van der Waals surface area contributed by atoms with Gasteiger partial charge in [-0.15, -0.1) is 0 Å². The van der Waals surface area contributed by atoms with Crippen LogP contribution in [0.4, 0.5) is 11.4 Å². The summed E-state index contributed by atoms with van der Waals surface area (Å²) < 4.78 is 21.1. The Balaban J connectivity index is 1.60. The molecule has 1 fully saturated rings. The Morgan fingerprint density at radius 2 is 1.73 bits per heavy atom. The van der Waals surface area contributed by atoms with Gasteiger partial charge in [-0.1, -0.05) is 6.07 Å². The molecule has 1 heterocycles. The normalized spacial score (nSPS) is 14.6. The fourth-order valence-electron chi connectivity index (χ4n) is 3.15. The number of para-hydroxylation sites is 1. The first-order chi connectivity index (χ1) is 14.5. The lowest BCUT2D eigenvalue weighted by atomic mass is 10.2. The molecule has 1 saturated heterocycles. The molecule has 3 rings (SSSR count). The van der Waals surface area contributed by atoms with Crippen LogP contribution in [-0.2, 0) is 14.3 Å². The molecule has 0 unspecified atom stereocenters. The van der Waals surface area contributed by atoms with Crippen LogP contribution < -0.4 is 19.7 Å². The minimum atomic E-state index is -0.993. The summed E-state index contributed by atoms with van der Waals surface area (Å²) >= 11 is 0. The summed E-state index contributed by atoms with van der Waals surface area (Å²) in [5.74, 6) is -0.430. The maximum absolute atomic E-state index is 12.5. The molecule has 1 atom stereocenters. The number of morpholine rings is 1. The van der Waals surface area contributed by atoms with Crippen LogP contribution in [0, 0.1) is 0 Å². The maximum Gasteiger partial charge on any atom is 0.342 e. The number of hydrogen-bond donors (Lipinski definition) is 1. The molecule has 1 N–H and O–H groups in total. The van der Waals surface area contributed by atoms with Gasteiger partial charge < -0.3 is 29.2 Å². The molecule has 1 aliphatic heterocycles. The van der Waals surface area contributed by atoms with Crippen molar-refractivity contribution in [1.29, 1.82) is 0 Å². The molecule has 0 saturated carbocycles. The standard InChI is InChI=1S/C22H26N2O6/c1-15(30-22(26)18-5-4-6-19(27-2)20(18)28-3)21(25)23-16-7-9-17(10-8-16)24-11-13-29-14-12-24/h4-10,15H,11-14H2,1-3H3,(H,23,25)/t15-/m0/s1. The Bertz CT molecular complexity index is 878. The number of amides is 1. The molecule has 2 aromatic rings. The van der Waals surface area contributed by atoms with E-state index in [0.29, 0.717) is 24.7 Å². The number of nitrogens with one attached hydrogen (secondary N) is 1. The van der Waals surface area contributed by atoms with Crippen LogP contribution in [0.3, 0.4) is 0 Å². The molecule has 160 valence electrons. The zero-order chi connectivity index (χ0) is 21.5. The van der Waals surface area contributed by atoms with E-state index in [1.54, 1.807) is 18.2 Å². The first-order valence-electron chi connectivity index (χ1n) is 9.69. The van der Waals surface area contributed by atoms with E-state index in [-0.39, 0.29) is 11.3 Å². The van der Waals surface area contributed by atoms with E-state index < -0.39 is 18.0 Å². The largest absolute Gasteiger partial charge is 0.493 e. The average molecular weight is 414 g/mol. The van der Waals surface area contributed by atoms with Crippen molar-refractivity contribution in [2.45, 2.75) is 13.0 Å². The highest BCUT2D eigenvalue weighted by Crippen LogP contribution is 2.31. The third-order valence-electron chi connectivity index (χ3n) is 4.79. The quantitative estimate of drug-likeness (QED) is 0.697. The van der Waals surface area contributed by atoms with Gasteiger partial charge in [0.05, 0.1) is 27.4 Å². The van der Waals surface area contributed by atoms with Crippen LogP contribution in [0.25, 0.3) is 0 Å². The van der Waals surface area contributed by atoms with Crippen molar-refractivity contribution in [3.63, 3.8) is 0 Å². The smallest absolute Gasteiger partial charge is 0.342 e. The van der Waals surface area contributed by atoms with Crippen LogP contribution in [-0.4, -0.2) is 58.5 Å². The number of carbonyl (C=O) groups is 2. The fourth-order valence-corrected chi connectivity index (χ4v) is 3.15. The van der Waals surface area contributed by atoms with E-state index in [1.807, 2.05) is 24.3 Å². The van der Waals surface area contributed by atoms with Crippen molar-refractivity contribution in [2.75, 3.05) is 50.7 Å². The molecule has 0 bridgehead atoms. The average Bonchev–Trinajstić information content (AvgIpc) is 2.79. The van der Waals surface area contributed by atoms with Crippen molar-refractivity contribution in [1.82, 2.24) is 0 Å². The highest BCUT2D eigenvalue weighted by atomic mass is 16.6. The lowest BCUT2D eigenvalue weighted by molar-refractivity contribution is -0.123. The number of nitrogens with zero attached hydrogens (tertiary/aromatic N) is 1. The summed E-state index contributed by atoms with van der Waals surface area (Å²) in [6.07, 6.45) is -0.993. The van der Waals surface area contributed by atoms with Gasteiger partial charge in [0.1, 0.15) is 5.56 Å². The van der Waals surface area contributed by atoms with Crippen molar-refractivity contribution in [3.8, 4) is 11.5 Å². The van der Waals surface area contributed by atoms with Gasteiger partial charge in [-0.05, 0) is 43.3 Å². The summed E-state index contributed by atoms with van der Waals surface area (Å²) in [6, 6.07) is 12.4. The van der Waals surface area contributed by atoms with E-state index in [2.05, 4.69) is 10.2 Å². The molecular weight excluding hydrogens is 388 g/mol. The van der Waals surface area contributed by atoms with Crippen molar-refractivity contribution >= 4 is 23.3 Å². The third kappa shape index (κ3) is 5.01. The summed E-state index contributed by atoms with van der Waals surface area (Å²) in [7, 11) is 2.92. The molecule has 0 aromatic heterocycles. The van der Waals surface area contributed by atoms with Gasteiger partial charge in [0.25, 0.3) is 5.91 Å². The number of rotatable bonds is 7. The molecule has 0 aliphatic carbocycles. The van der Waals surface area contributed by atoms with Gasteiger partial charge in [-0.2, -0.15) is 0 Å². The maximum atomic E-state index is 12.5. The van der Waals surface area contributed by atoms with Crippen LogP contribution in [0.1, 0.15) is 17.3 Å². The number of methoxy groups -OCH3 is 2. The van der Waals surface area contributed by atoms with E-state index in [9.17, 15) is 9.59 Å². The lowest BCUT2D eigenvalue weighted by Gasteiger charge is -2.28. The predicted molar refractivity (Wildman–Crippen MR) is 113 cm³/mol. The van der Waals surface area contributed by atoms with E-state index in [1.165, 1.54) is 21.1 Å². The van der Waals surface area contributed by atoms with E-state index in [4.69, 9.17) is 18.9 Å². The molecule has 1 amide bonds. The molecule has 0 spiro atoms. The Hall–Kier alpha value is -3.26. The van der Waals surface area contributed by atoms with Crippen molar-refractivity contribution in [2.24, 2.45) is 0 Å². The third-order valence-corrected chi connectivity index (χ3v) is 4.79. The Morgan fingerprint density at radius 1 is 1.03 bits per heavy atom. The second-order valence-electron chi connectivity index (χ2n) is 6.72. The first kappa shape index (κ1) is 21.4. The minimum absolute atomic E-state index is 0.186. The Morgan fingerprint density at radius 3 is 2.37 bits per heavy atom. The Labute approximate surface area is 175 Å². The lowest BCUT2D eigenvalue weighted by Crippen LogP contribution is -2.36. The summed E-state index contributed by atoms with van der Waals surface area (Å²) in [5.41, 5.74) is 1.88. The minimum Gasteiger partial charge on any atom is -0.493 e. The zero-order valence-electron chi connectivity index (χ0n) is 17.3. The van der Waals surface area contributed by atoms with Gasteiger partial charge >= 0.3 is 5.97 Å². The van der Waals surface area contributed by atoms with Crippen LogP contribution in [0.2, 0.25) is 0 Å². The number of hydrogen-bond acceptors (Lipinski definition) is 7. The summed E-state index contributed by atoms with van der Waals surface area (Å²) in [4.78, 5) is 27.2. The van der Waals surface area contributed by atoms with Crippen molar-refractivity contribution in [3.05, 3.63) is 48.0 Å². The molecular formula is C22H26N2O6. The molecule has 8 nitrogen and oxygen atoms in total. The second kappa shape index (κ2) is 9.98. The highest BCUT2D eigenvalue weighted by molar-refractivity contribution is 5.98. The van der Waals surface area contributed by atoms with Crippen molar-refractivity contribution < 1.29 is 28.5 Å².